The number of rotatable bonds is 0. The van der Waals surface area contributed by atoms with Gasteiger partial charge >= 0.3 is 14.2 Å². The highest BCUT2D eigenvalue weighted by molar-refractivity contribution is 6.39. The Labute approximate surface area is 49.1 Å². The fourth-order valence-electron chi connectivity index (χ4n) is 0. The normalized spacial score (nSPS) is 6.75. The van der Waals surface area contributed by atoms with Crippen molar-refractivity contribution in [1.29, 1.82) is 0 Å². The second-order valence-corrected chi connectivity index (χ2v) is 1.26. The van der Waals surface area contributed by atoms with Crippen molar-refractivity contribution in [2.45, 2.75) is 13.6 Å². The molecular weight excluding hydrogens is 110 g/mol. The van der Waals surface area contributed by atoms with Gasteiger partial charge in [0.2, 0.25) is 0 Å². The lowest BCUT2D eigenvalue weighted by atomic mass is 9.99. The summed E-state index contributed by atoms with van der Waals surface area (Å²) in [4.78, 5) is 0. The molecule has 0 rings (SSSR count). The van der Waals surface area contributed by atoms with E-state index in [9.17, 15) is 0 Å². The summed E-state index contributed by atoms with van der Waals surface area (Å²) in [7, 11) is -2.33. The van der Waals surface area contributed by atoms with Gasteiger partial charge in [-0.05, 0) is 13.6 Å². The highest BCUT2D eigenvalue weighted by atomic mass is 16.4. The topological polar surface area (TPSA) is 80.9 Å². The zero-order valence-corrected chi connectivity index (χ0v) is 4.94. The van der Waals surface area contributed by atoms with Crippen LogP contribution in [0.15, 0.2) is 0 Å². The Kier molecular flexibility index (Phi) is 9.46. The van der Waals surface area contributed by atoms with E-state index in [-0.39, 0.29) is 0 Å². The summed E-state index contributed by atoms with van der Waals surface area (Å²) in [6, 6.07) is 0. The molecule has 0 aliphatic heterocycles. The van der Waals surface area contributed by atoms with E-state index in [0.29, 0.717) is 0 Å². The van der Waals surface area contributed by atoms with Gasteiger partial charge in [-0.1, -0.05) is 0 Å². The smallest absolute Gasteiger partial charge is 0.427 e. The van der Waals surface area contributed by atoms with Gasteiger partial charge in [0, 0.05) is 0 Å². The first-order valence-electron chi connectivity index (χ1n) is 2.19. The maximum absolute atomic E-state index is 7.61. The third kappa shape index (κ3) is 162000. The van der Waals surface area contributed by atoms with Crippen molar-refractivity contribution in [1.82, 2.24) is 0 Å². The Bertz CT molecular complexity index is 27.5. The fourth-order valence-corrected chi connectivity index (χ4v) is 0. The van der Waals surface area contributed by atoms with E-state index >= 15 is 0 Å². The van der Waals surface area contributed by atoms with E-state index in [0.717, 1.165) is 0 Å². The second kappa shape index (κ2) is 6.97. The highest BCUT2D eigenvalue weighted by Gasteiger charge is 1.86. The molecule has 0 saturated heterocycles. The van der Waals surface area contributed by atoms with Gasteiger partial charge in [0.15, 0.2) is 0 Å². The first-order chi connectivity index (χ1) is 3.46. The predicted molar refractivity (Wildman–Crippen MR) is 32.1 cm³/mol. The molecule has 0 aromatic heterocycles. The largest absolute Gasteiger partial charge is 0.448 e. The maximum Gasteiger partial charge on any atom is 0.448 e. The van der Waals surface area contributed by atoms with Crippen molar-refractivity contribution in [2.75, 3.05) is 0 Å². The first kappa shape index (κ1) is 10.9. The molecule has 0 unspecified atom stereocenters. The highest BCUT2D eigenvalue weighted by Crippen LogP contribution is 1.51. The van der Waals surface area contributed by atoms with Crippen molar-refractivity contribution in [3.05, 3.63) is 0 Å². The minimum absolute atomic E-state index is 1.17. The van der Waals surface area contributed by atoms with Crippen LogP contribution in [0.4, 0.5) is 0 Å². The van der Waals surface area contributed by atoms with Crippen LogP contribution in [0.1, 0.15) is 0 Å². The lowest BCUT2D eigenvalue weighted by Crippen LogP contribution is -2.00. The monoisotopic (exact) mass is 120 g/mol. The summed E-state index contributed by atoms with van der Waals surface area (Å²) in [6.45, 7) is 2.56. The van der Waals surface area contributed by atoms with Crippen LogP contribution in [-0.2, 0) is 0 Å². The summed E-state index contributed by atoms with van der Waals surface area (Å²) in [5.41, 5.74) is 0. The molecule has 0 aromatic rings. The third-order valence-electron chi connectivity index (χ3n) is 0. The number of hydrogen-bond donors (Lipinski definition) is 4. The molecule has 48 valence electrons. The van der Waals surface area contributed by atoms with Gasteiger partial charge in [-0.25, -0.2) is 0 Å². The van der Waals surface area contributed by atoms with Gasteiger partial charge < -0.3 is 20.1 Å². The van der Waals surface area contributed by atoms with Crippen LogP contribution in [0.3, 0.4) is 0 Å². The van der Waals surface area contributed by atoms with Crippen LogP contribution in [0, 0.1) is 0 Å². The molecule has 8 heavy (non-hydrogen) atoms. The zero-order valence-electron chi connectivity index (χ0n) is 4.94. The van der Waals surface area contributed by atoms with E-state index < -0.39 is 14.2 Å². The molecule has 6 heteroatoms. The van der Waals surface area contributed by atoms with Gasteiger partial charge in [-0.3, -0.25) is 0 Å². The van der Waals surface area contributed by atoms with Crippen molar-refractivity contribution in [3.8, 4) is 0 Å². The third-order valence-corrected chi connectivity index (χ3v) is 0. The molecule has 0 aliphatic rings. The van der Waals surface area contributed by atoms with E-state index in [1.54, 1.807) is 0 Å². The second-order valence-electron chi connectivity index (χ2n) is 1.26. The summed E-state index contributed by atoms with van der Waals surface area (Å²) in [6.07, 6.45) is 0. The molecular formula is C2H10B2O4. The quantitative estimate of drug-likeness (QED) is 0.283. The average molecular weight is 120 g/mol. The fraction of sp³-hybridized carbons (Fsp3) is 1.00. The molecule has 0 radical (unpaired) electrons. The molecule has 0 amide bonds. The van der Waals surface area contributed by atoms with Crippen LogP contribution < -0.4 is 0 Å². The van der Waals surface area contributed by atoms with E-state index in [1.165, 1.54) is 13.6 Å². The van der Waals surface area contributed by atoms with Crippen molar-refractivity contribution in [3.63, 3.8) is 0 Å². The van der Waals surface area contributed by atoms with Gasteiger partial charge in [0.25, 0.3) is 0 Å². The molecule has 4 N–H and O–H groups in total. The summed E-state index contributed by atoms with van der Waals surface area (Å²) in [5, 5.41) is 30.4. The molecule has 0 fully saturated rings. The number of hydrogen-bond acceptors (Lipinski definition) is 4. The van der Waals surface area contributed by atoms with Gasteiger partial charge in [0.05, 0.1) is 0 Å². The van der Waals surface area contributed by atoms with E-state index in [2.05, 4.69) is 0 Å². The average Bonchev–Trinajstić information content (AvgIpc) is 1.25. The molecule has 0 saturated carbocycles. The Morgan fingerprint density at radius 1 is 0.750 bits per heavy atom. The predicted octanol–water partition coefficient (Wildman–Crippen LogP) is -1.82. The standard InChI is InChI=1S/2CH5BO2/c2*1-2(3)4/h2*3-4H,1H3. The molecule has 0 heterocycles. The van der Waals surface area contributed by atoms with Crippen molar-refractivity contribution >= 4 is 14.2 Å². The van der Waals surface area contributed by atoms with Crippen LogP contribution in [0.5, 0.6) is 0 Å². The summed E-state index contributed by atoms with van der Waals surface area (Å²) < 4.78 is 0. The van der Waals surface area contributed by atoms with Crippen LogP contribution in [-0.4, -0.2) is 34.3 Å². The molecule has 0 spiro atoms. The molecule has 0 aliphatic carbocycles. The minimum atomic E-state index is -1.17. The van der Waals surface area contributed by atoms with Crippen LogP contribution >= 0.6 is 0 Å². The summed E-state index contributed by atoms with van der Waals surface area (Å²) >= 11 is 0. The van der Waals surface area contributed by atoms with Crippen molar-refractivity contribution < 1.29 is 20.1 Å². The van der Waals surface area contributed by atoms with Gasteiger partial charge in [-0.15, -0.1) is 0 Å². The van der Waals surface area contributed by atoms with Crippen molar-refractivity contribution in [2.24, 2.45) is 0 Å². The molecule has 4 nitrogen and oxygen atoms in total. The zero-order chi connectivity index (χ0) is 7.15. The lowest BCUT2D eigenvalue weighted by molar-refractivity contribution is 0.415. The minimum Gasteiger partial charge on any atom is -0.427 e. The first-order valence-corrected chi connectivity index (χ1v) is 2.19. The van der Waals surface area contributed by atoms with E-state index in [4.69, 9.17) is 20.1 Å². The van der Waals surface area contributed by atoms with Crippen LogP contribution in [0.25, 0.3) is 0 Å². The Morgan fingerprint density at radius 3 is 0.750 bits per heavy atom. The maximum atomic E-state index is 7.61. The van der Waals surface area contributed by atoms with E-state index in [1.807, 2.05) is 0 Å². The molecule has 0 aromatic carbocycles. The lowest BCUT2D eigenvalue weighted by Gasteiger charge is -1.71. The summed E-state index contributed by atoms with van der Waals surface area (Å²) in [5.74, 6) is 0. The Balaban J connectivity index is 0. The van der Waals surface area contributed by atoms with Crippen LogP contribution in [0.2, 0.25) is 13.6 Å². The molecule has 0 bridgehead atoms. The Hall–Kier alpha value is -0.0301. The SMILES string of the molecule is CB(O)O.CB(O)O. The Morgan fingerprint density at radius 2 is 0.750 bits per heavy atom. The van der Waals surface area contributed by atoms with Gasteiger partial charge in [0.1, 0.15) is 0 Å². The molecule has 0 atom stereocenters. The van der Waals surface area contributed by atoms with Gasteiger partial charge in [-0.2, -0.15) is 0 Å².